The van der Waals surface area contributed by atoms with E-state index < -0.39 is 0 Å². The van der Waals surface area contributed by atoms with E-state index in [0.717, 1.165) is 43.6 Å². The number of amides is 1. The molecule has 33 heavy (non-hydrogen) atoms. The Labute approximate surface area is 201 Å². The fourth-order valence-corrected chi connectivity index (χ4v) is 4.91. The predicted molar refractivity (Wildman–Crippen MR) is 129 cm³/mol. The summed E-state index contributed by atoms with van der Waals surface area (Å²) in [5, 5.41) is 10.3. The first kappa shape index (κ1) is 23.7. The maximum atomic E-state index is 13.5. The molecule has 0 aromatic heterocycles. The second-order valence-electron chi connectivity index (χ2n) is 9.46. The molecule has 2 aromatic carbocycles. The molecule has 178 valence electrons. The maximum absolute atomic E-state index is 13.5. The summed E-state index contributed by atoms with van der Waals surface area (Å²) in [7, 11) is 0. The number of hydrogen-bond acceptors (Lipinski definition) is 5. The second-order valence-corrected chi connectivity index (χ2v) is 9.87. The number of phenols is 1. The van der Waals surface area contributed by atoms with E-state index in [4.69, 9.17) is 21.1 Å². The molecule has 1 fully saturated rings. The molecule has 6 nitrogen and oxygen atoms in total. The van der Waals surface area contributed by atoms with Gasteiger partial charge in [-0.25, -0.2) is 0 Å². The van der Waals surface area contributed by atoms with Gasteiger partial charge in [0.2, 0.25) is 5.91 Å². The smallest absolute Gasteiger partial charge is 0.227 e. The fraction of sp³-hybridized carbons (Fsp3) is 0.500. The Bertz CT molecular complexity index is 981. The number of likely N-dealkylation sites (tertiary alicyclic amines) is 1. The van der Waals surface area contributed by atoms with Crippen LogP contribution in [0.15, 0.2) is 36.4 Å². The van der Waals surface area contributed by atoms with E-state index in [2.05, 4.69) is 18.7 Å². The van der Waals surface area contributed by atoms with E-state index in [1.807, 2.05) is 29.2 Å². The van der Waals surface area contributed by atoms with Crippen LogP contribution in [0.3, 0.4) is 0 Å². The van der Waals surface area contributed by atoms with Gasteiger partial charge in [0.15, 0.2) is 11.5 Å². The standard InChI is InChI=1S/C26H33ClN2O4/c1-18(2)14-29(16-20-12-23(27)25-24(13-20)32-9-4-10-33-25)26(31)21-7-8-28(17-21)15-19-5-3-6-22(30)11-19/h3,5-6,11-13,18,21,30H,4,7-10,14-17H2,1-2H3. The number of carbonyl (C=O) groups excluding carboxylic acids is 1. The first-order chi connectivity index (χ1) is 15.9. The van der Waals surface area contributed by atoms with Crippen LogP contribution >= 0.6 is 11.6 Å². The van der Waals surface area contributed by atoms with Gasteiger partial charge in [0.25, 0.3) is 0 Å². The SMILES string of the molecule is CC(C)CN(Cc1cc(Cl)c2c(c1)OCCCO2)C(=O)C1CCN(Cc2cccc(O)c2)C1. The van der Waals surface area contributed by atoms with Gasteiger partial charge in [-0.1, -0.05) is 37.6 Å². The Morgan fingerprint density at radius 2 is 2.03 bits per heavy atom. The zero-order chi connectivity index (χ0) is 23.4. The molecule has 0 radical (unpaired) electrons. The Kier molecular flexibility index (Phi) is 7.66. The average molecular weight is 473 g/mol. The van der Waals surface area contributed by atoms with E-state index in [1.54, 1.807) is 12.1 Å². The summed E-state index contributed by atoms with van der Waals surface area (Å²) in [6, 6.07) is 11.2. The molecule has 2 heterocycles. The van der Waals surface area contributed by atoms with E-state index in [9.17, 15) is 9.90 Å². The van der Waals surface area contributed by atoms with E-state index >= 15 is 0 Å². The van der Waals surface area contributed by atoms with Crippen LogP contribution in [0.5, 0.6) is 17.2 Å². The quantitative estimate of drug-likeness (QED) is 0.632. The summed E-state index contributed by atoms with van der Waals surface area (Å²) in [6.45, 7) is 8.96. The minimum Gasteiger partial charge on any atom is -0.508 e. The lowest BCUT2D eigenvalue weighted by Crippen LogP contribution is -2.39. The van der Waals surface area contributed by atoms with Crippen LogP contribution in [0, 0.1) is 11.8 Å². The lowest BCUT2D eigenvalue weighted by atomic mass is 10.0. The molecule has 7 heteroatoms. The van der Waals surface area contributed by atoms with E-state index in [-0.39, 0.29) is 17.6 Å². The highest BCUT2D eigenvalue weighted by Crippen LogP contribution is 2.38. The Hall–Kier alpha value is -2.44. The number of halogens is 1. The first-order valence-corrected chi connectivity index (χ1v) is 12.1. The molecule has 1 atom stereocenters. The van der Waals surface area contributed by atoms with Gasteiger partial charge in [0.05, 0.1) is 24.2 Å². The van der Waals surface area contributed by atoms with Crippen molar-refractivity contribution >= 4 is 17.5 Å². The van der Waals surface area contributed by atoms with Crippen LogP contribution < -0.4 is 9.47 Å². The Morgan fingerprint density at radius 3 is 2.82 bits per heavy atom. The van der Waals surface area contributed by atoms with Crippen molar-refractivity contribution in [3.8, 4) is 17.2 Å². The molecule has 0 spiro atoms. The minimum atomic E-state index is -0.0306. The van der Waals surface area contributed by atoms with Crippen LogP contribution in [0.2, 0.25) is 5.02 Å². The van der Waals surface area contributed by atoms with Crippen molar-refractivity contribution in [2.45, 2.75) is 39.8 Å². The number of carbonyl (C=O) groups is 1. The third-order valence-electron chi connectivity index (χ3n) is 6.07. The third kappa shape index (κ3) is 6.12. The first-order valence-electron chi connectivity index (χ1n) is 11.8. The average Bonchev–Trinajstić information content (AvgIpc) is 3.08. The van der Waals surface area contributed by atoms with Crippen molar-refractivity contribution in [2.75, 3.05) is 32.8 Å². The molecule has 0 bridgehead atoms. The molecule has 2 aliphatic rings. The van der Waals surface area contributed by atoms with Gasteiger partial charge >= 0.3 is 0 Å². The van der Waals surface area contributed by atoms with Crippen LogP contribution in [0.4, 0.5) is 0 Å². The predicted octanol–water partition coefficient (Wildman–Crippen LogP) is 4.71. The van der Waals surface area contributed by atoms with Gasteiger partial charge in [-0.2, -0.15) is 0 Å². The molecule has 1 amide bonds. The highest BCUT2D eigenvalue weighted by Gasteiger charge is 2.32. The highest BCUT2D eigenvalue weighted by molar-refractivity contribution is 6.32. The summed E-state index contributed by atoms with van der Waals surface area (Å²) in [6.07, 6.45) is 1.66. The molecular formula is C26H33ClN2O4. The number of benzene rings is 2. The molecule has 0 aliphatic carbocycles. The number of aromatic hydroxyl groups is 1. The molecule has 2 aliphatic heterocycles. The molecule has 0 saturated carbocycles. The maximum Gasteiger partial charge on any atom is 0.227 e. The van der Waals surface area contributed by atoms with Gasteiger partial charge in [-0.05, 0) is 54.3 Å². The minimum absolute atomic E-state index is 0.0306. The van der Waals surface area contributed by atoms with E-state index in [0.29, 0.717) is 48.7 Å². The largest absolute Gasteiger partial charge is 0.508 e. The van der Waals surface area contributed by atoms with Crippen LogP contribution in [-0.2, 0) is 17.9 Å². The third-order valence-corrected chi connectivity index (χ3v) is 6.35. The number of nitrogens with zero attached hydrogens (tertiary/aromatic N) is 2. The van der Waals surface area contributed by atoms with Crippen molar-refractivity contribution in [1.29, 1.82) is 0 Å². The molecule has 1 saturated heterocycles. The van der Waals surface area contributed by atoms with Gasteiger partial charge in [-0.3, -0.25) is 9.69 Å². The van der Waals surface area contributed by atoms with E-state index in [1.165, 1.54) is 0 Å². The summed E-state index contributed by atoms with van der Waals surface area (Å²) in [5.74, 6) is 2.04. The molecule has 4 rings (SSSR count). The van der Waals surface area contributed by atoms with Gasteiger partial charge in [0, 0.05) is 32.6 Å². The summed E-state index contributed by atoms with van der Waals surface area (Å²) >= 11 is 6.49. The Balaban J connectivity index is 1.44. The molecular weight excluding hydrogens is 440 g/mol. The lowest BCUT2D eigenvalue weighted by molar-refractivity contribution is -0.136. The number of fused-ring (bicyclic) bond motifs is 1. The summed E-state index contributed by atoms with van der Waals surface area (Å²) in [4.78, 5) is 17.8. The topological polar surface area (TPSA) is 62.2 Å². The van der Waals surface area contributed by atoms with Crippen molar-refractivity contribution in [3.05, 3.63) is 52.5 Å². The summed E-state index contributed by atoms with van der Waals surface area (Å²) < 4.78 is 11.6. The second kappa shape index (κ2) is 10.7. The number of ether oxygens (including phenoxy) is 2. The van der Waals surface area contributed by atoms with Crippen molar-refractivity contribution in [1.82, 2.24) is 9.80 Å². The van der Waals surface area contributed by atoms with Gasteiger partial charge in [-0.15, -0.1) is 0 Å². The zero-order valence-electron chi connectivity index (χ0n) is 19.4. The fourth-order valence-electron chi connectivity index (χ4n) is 4.62. The van der Waals surface area contributed by atoms with Crippen LogP contribution in [-0.4, -0.2) is 53.7 Å². The number of rotatable bonds is 7. The van der Waals surface area contributed by atoms with Crippen molar-refractivity contribution in [2.24, 2.45) is 11.8 Å². The zero-order valence-corrected chi connectivity index (χ0v) is 20.2. The van der Waals surface area contributed by atoms with Crippen molar-refractivity contribution in [3.63, 3.8) is 0 Å². The highest BCUT2D eigenvalue weighted by atomic mass is 35.5. The normalized spacial score (nSPS) is 18.4. The Morgan fingerprint density at radius 1 is 1.21 bits per heavy atom. The van der Waals surface area contributed by atoms with Crippen LogP contribution in [0.25, 0.3) is 0 Å². The molecule has 1 N–H and O–H groups in total. The van der Waals surface area contributed by atoms with Gasteiger partial charge < -0.3 is 19.5 Å². The molecule has 2 aromatic rings. The van der Waals surface area contributed by atoms with Crippen LogP contribution in [0.1, 0.15) is 37.8 Å². The van der Waals surface area contributed by atoms with Gasteiger partial charge in [0.1, 0.15) is 5.75 Å². The van der Waals surface area contributed by atoms with Crippen molar-refractivity contribution < 1.29 is 19.4 Å². The summed E-state index contributed by atoms with van der Waals surface area (Å²) in [5.41, 5.74) is 2.01. The number of hydrogen-bond donors (Lipinski definition) is 1. The molecule has 1 unspecified atom stereocenters. The monoisotopic (exact) mass is 472 g/mol. The number of phenolic OH excluding ortho intramolecular Hbond substituents is 1. The lowest BCUT2D eigenvalue weighted by Gasteiger charge is -2.28.